The third kappa shape index (κ3) is 7.32. The van der Waals surface area contributed by atoms with Crippen molar-refractivity contribution in [3.05, 3.63) is 53.9 Å². The molecule has 2 fully saturated rings. The number of hydrogen-bond donors (Lipinski definition) is 1. The van der Waals surface area contributed by atoms with Crippen LogP contribution in [-0.2, 0) is 4.74 Å². The Morgan fingerprint density at radius 3 is 2.63 bits per heavy atom. The number of rotatable bonds is 11. The van der Waals surface area contributed by atoms with Crippen LogP contribution in [0.2, 0.25) is 0 Å². The Labute approximate surface area is 254 Å². The van der Waals surface area contributed by atoms with Crippen LogP contribution in [0.1, 0.15) is 35.5 Å². The second-order valence-electron chi connectivity index (χ2n) is 10.5. The molecule has 0 radical (unpaired) electrons. The Balaban J connectivity index is 1.07. The summed E-state index contributed by atoms with van der Waals surface area (Å²) in [5.74, 6) is 2.53. The minimum atomic E-state index is -0.277. The highest BCUT2D eigenvalue weighted by molar-refractivity contribution is 7.17. The second kappa shape index (κ2) is 14.0. The summed E-state index contributed by atoms with van der Waals surface area (Å²) in [6.07, 6.45) is 9.56. The molecule has 0 spiro atoms. The lowest BCUT2D eigenvalue weighted by Gasteiger charge is -2.26. The van der Waals surface area contributed by atoms with Crippen molar-refractivity contribution >= 4 is 39.0 Å². The predicted molar refractivity (Wildman–Crippen MR) is 166 cm³/mol. The van der Waals surface area contributed by atoms with Crippen LogP contribution < -0.4 is 24.4 Å². The fourth-order valence-electron chi connectivity index (χ4n) is 5.23. The van der Waals surface area contributed by atoms with E-state index in [0.29, 0.717) is 40.4 Å². The summed E-state index contributed by atoms with van der Waals surface area (Å²) in [6, 6.07) is 9.02. The maximum atomic E-state index is 12.8. The number of fused-ring (bicyclic) bond motifs is 1. The maximum Gasteiger partial charge on any atom is 0.285 e. The van der Waals surface area contributed by atoms with Gasteiger partial charge >= 0.3 is 0 Å². The third-order valence-electron chi connectivity index (χ3n) is 7.53. The first-order valence-corrected chi connectivity index (χ1v) is 15.5. The van der Waals surface area contributed by atoms with Gasteiger partial charge in [0, 0.05) is 50.4 Å². The predicted octanol–water partition coefficient (Wildman–Crippen LogP) is 5.23. The molecule has 0 atom stereocenters. The standard InChI is InChI=1S/C31H36N6O5S/c1-39-26-18-23-24(19-27(26)41-15-5-10-36-13-16-40-17-14-36)32-9-8-25(23)42-22-6-7-28(33-20-22)35-30(38)31-34-21-29(43-31)37-11-3-2-4-12-37/h6-9,18-21H,2-5,10-17H2,1H3,(H,33,35,38). The average Bonchev–Trinajstić information content (AvgIpc) is 3.56. The van der Waals surface area contributed by atoms with Crippen molar-refractivity contribution in [2.45, 2.75) is 25.7 Å². The van der Waals surface area contributed by atoms with Gasteiger partial charge < -0.3 is 29.2 Å². The quantitative estimate of drug-likeness (QED) is 0.229. The molecule has 226 valence electrons. The second-order valence-corrected chi connectivity index (χ2v) is 11.5. The zero-order valence-corrected chi connectivity index (χ0v) is 25.1. The molecule has 1 amide bonds. The van der Waals surface area contributed by atoms with Crippen LogP contribution in [0, 0.1) is 0 Å². The zero-order valence-electron chi connectivity index (χ0n) is 24.3. The smallest absolute Gasteiger partial charge is 0.285 e. The first kappa shape index (κ1) is 29.1. The highest BCUT2D eigenvalue weighted by Gasteiger charge is 2.18. The number of thiazole rings is 1. The van der Waals surface area contributed by atoms with Crippen molar-refractivity contribution < 1.29 is 23.7 Å². The number of aromatic nitrogens is 3. The van der Waals surface area contributed by atoms with Crippen LogP contribution in [0.15, 0.2) is 48.9 Å². The van der Waals surface area contributed by atoms with E-state index in [2.05, 4.69) is 30.1 Å². The number of morpholine rings is 1. The molecular formula is C31H36N6O5S. The zero-order chi connectivity index (χ0) is 29.4. The topological polar surface area (TPSA) is 111 Å². The first-order chi connectivity index (χ1) is 21.2. The SMILES string of the molecule is COc1cc2c(Oc3ccc(NC(=O)c4ncc(N5CCCCC5)s4)nc3)ccnc2cc1OCCCN1CCOCC1. The van der Waals surface area contributed by atoms with E-state index in [-0.39, 0.29) is 5.91 Å². The number of methoxy groups -OCH3 is 1. The van der Waals surface area contributed by atoms with Gasteiger partial charge in [-0.1, -0.05) is 11.3 Å². The number of benzene rings is 1. The Kier molecular flexibility index (Phi) is 9.46. The van der Waals surface area contributed by atoms with Crippen molar-refractivity contribution in [3.8, 4) is 23.0 Å². The fraction of sp³-hybridized carbons (Fsp3) is 0.419. The summed E-state index contributed by atoms with van der Waals surface area (Å²) in [5, 5.41) is 5.06. The van der Waals surface area contributed by atoms with Crippen LogP contribution in [0.25, 0.3) is 10.9 Å². The van der Waals surface area contributed by atoms with Crippen LogP contribution >= 0.6 is 11.3 Å². The molecular weight excluding hydrogens is 568 g/mol. The molecule has 11 nitrogen and oxygen atoms in total. The lowest BCUT2D eigenvalue weighted by Crippen LogP contribution is -2.37. The Bertz CT molecular complexity index is 1520. The minimum absolute atomic E-state index is 0.277. The summed E-state index contributed by atoms with van der Waals surface area (Å²) in [7, 11) is 1.62. The van der Waals surface area contributed by atoms with E-state index in [4.69, 9.17) is 18.9 Å². The molecule has 0 aliphatic carbocycles. The summed E-state index contributed by atoms with van der Waals surface area (Å²) in [5.41, 5.74) is 0.727. The molecule has 0 bridgehead atoms. The molecule has 1 aromatic carbocycles. The van der Waals surface area contributed by atoms with E-state index < -0.39 is 0 Å². The normalized spacial score (nSPS) is 15.8. The van der Waals surface area contributed by atoms with Gasteiger partial charge in [-0.25, -0.2) is 9.97 Å². The lowest BCUT2D eigenvalue weighted by molar-refractivity contribution is 0.0357. The average molecular weight is 605 g/mol. The van der Waals surface area contributed by atoms with Crippen molar-refractivity contribution in [1.29, 1.82) is 0 Å². The molecule has 1 N–H and O–H groups in total. The number of amides is 1. The van der Waals surface area contributed by atoms with Crippen LogP contribution in [0.4, 0.5) is 10.8 Å². The van der Waals surface area contributed by atoms with Crippen LogP contribution in [-0.4, -0.2) is 85.4 Å². The largest absolute Gasteiger partial charge is 0.493 e. The molecule has 2 aliphatic heterocycles. The minimum Gasteiger partial charge on any atom is -0.493 e. The highest BCUT2D eigenvalue weighted by Crippen LogP contribution is 2.37. The van der Waals surface area contributed by atoms with Gasteiger partial charge in [-0.2, -0.15) is 0 Å². The number of carbonyl (C=O) groups is 1. The van der Waals surface area contributed by atoms with Crippen molar-refractivity contribution in [1.82, 2.24) is 19.9 Å². The van der Waals surface area contributed by atoms with Gasteiger partial charge in [0.15, 0.2) is 16.5 Å². The molecule has 2 aliphatic rings. The van der Waals surface area contributed by atoms with Crippen LogP contribution in [0.5, 0.6) is 23.0 Å². The number of carbonyl (C=O) groups excluding carboxylic acids is 1. The Morgan fingerprint density at radius 2 is 1.84 bits per heavy atom. The van der Waals surface area contributed by atoms with Gasteiger partial charge in [0.2, 0.25) is 0 Å². The number of ether oxygens (including phenoxy) is 4. The molecule has 12 heteroatoms. The molecule has 5 heterocycles. The Hall–Kier alpha value is -4.00. The van der Waals surface area contributed by atoms with E-state index in [9.17, 15) is 4.79 Å². The third-order valence-corrected chi connectivity index (χ3v) is 8.59. The molecule has 2 saturated heterocycles. The van der Waals surface area contributed by atoms with E-state index in [1.807, 2.05) is 12.1 Å². The first-order valence-electron chi connectivity index (χ1n) is 14.7. The molecule has 43 heavy (non-hydrogen) atoms. The summed E-state index contributed by atoms with van der Waals surface area (Å²) in [6.45, 7) is 7.07. The van der Waals surface area contributed by atoms with E-state index in [1.54, 1.807) is 43.9 Å². The lowest BCUT2D eigenvalue weighted by atomic mass is 10.1. The van der Waals surface area contributed by atoms with Crippen molar-refractivity contribution in [2.75, 3.05) is 69.9 Å². The van der Waals surface area contributed by atoms with Gasteiger partial charge in [0.05, 0.1) is 44.8 Å². The molecule has 0 unspecified atom stereocenters. The van der Waals surface area contributed by atoms with Gasteiger partial charge in [-0.15, -0.1) is 0 Å². The number of nitrogens with one attached hydrogen (secondary N) is 1. The van der Waals surface area contributed by atoms with Crippen LogP contribution in [0.3, 0.4) is 0 Å². The summed E-state index contributed by atoms with van der Waals surface area (Å²) < 4.78 is 23.3. The number of piperidine rings is 1. The molecule has 6 rings (SSSR count). The summed E-state index contributed by atoms with van der Waals surface area (Å²) in [4.78, 5) is 30.7. The van der Waals surface area contributed by atoms with Gasteiger partial charge in [0.1, 0.15) is 22.3 Å². The van der Waals surface area contributed by atoms with E-state index >= 15 is 0 Å². The monoisotopic (exact) mass is 604 g/mol. The van der Waals surface area contributed by atoms with Gasteiger partial charge in [-0.05, 0) is 49.9 Å². The number of hydrogen-bond acceptors (Lipinski definition) is 11. The Morgan fingerprint density at radius 1 is 0.977 bits per heavy atom. The van der Waals surface area contributed by atoms with Gasteiger partial charge in [-0.3, -0.25) is 14.7 Å². The highest BCUT2D eigenvalue weighted by atomic mass is 32.1. The van der Waals surface area contributed by atoms with Crippen molar-refractivity contribution in [2.24, 2.45) is 0 Å². The number of anilines is 2. The maximum absolute atomic E-state index is 12.8. The number of nitrogens with zero attached hydrogens (tertiary/aromatic N) is 5. The van der Waals surface area contributed by atoms with E-state index in [1.165, 1.54) is 30.6 Å². The molecule has 4 aromatic rings. The summed E-state index contributed by atoms with van der Waals surface area (Å²) >= 11 is 1.41. The molecule has 3 aromatic heterocycles. The molecule has 0 saturated carbocycles. The van der Waals surface area contributed by atoms with Gasteiger partial charge in [0.25, 0.3) is 5.91 Å². The van der Waals surface area contributed by atoms with E-state index in [0.717, 1.165) is 68.3 Å². The number of pyridine rings is 2. The fourth-order valence-corrected chi connectivity index (χ4v) is 6.09. The van der Waals surface area contributed by atoms with Crippen molar-refractivity contribution in [3.63, 3.8) is 0 Å².